The molecular weight excluding hydrogens is 346 g/mol. The van der Waals surface area contributed by atoms with Crippen LogP contribution in [-0.4, -0.2) is 21.7 Å². The van der Waals surface area contributed by atoms with Crippen molar-refractivity contribution in [3.63, 3.8) is 0 Å². The molecular formula is C20H13N3O4. The molecule has 2 amide bonds. The number of nitrogens with zero attached hydrogens (tertiary/aromatic N) is 2. The molecule has 0 atom stereocenters. The van der Waals surface area contributed by atoms with Gasteiger partial charge in [0.05, 0.1) is 21.7 Å². The molecule has 1 N–H and O–H groups in total. The predicted octanol–water partition coefficient (Wildman–Crippen LogP) is 3.88. The fraction of sp³-hybridized carbons (Fsp3) is 0. The Morgan fingerprint density at radius 3 is 1.81 bits per heavy atom. The summed E-state index contributed by atoms with van der Waals surface area (Å²) in [5.74, 6) is -0.844. The molecule has 3 aromatic rings. The Morgan fingerprint density at radius 1 is 0.741 bits per heavy atom. The fourth-order valence-corrected chi connectivity index (χ4v) is 3.01. The third kappa shape index (κ3) is 2.81. The van der Waals surface area contributed by atoms with Crippen LogP contribution in [0.1, 0.15) is 20.7 Å². The highest BCUT2D eigenvalue weighted by molar-refractivity contribution is 6.22. The molecule has 0 aliphatic carbocycles. The summed E-state index contributed by atoms with van der Waals surface area (Å²) in [6, 6.07) is 19.8. The van der Waals surface area contributed by atoms with Crippen LogP contribution < -0.4 is 5.43 Å². The largest absolute Gasteiger partial charge is 0.288 e. The second-order valence-corrected chi connectivity index (χ2v) is 5.95. The molecule has 1 aliphatic heterocycles. The Morgan fingerprint density at radius 2 is 1.26 bits per heavy atom. The number of carbonyl (C=O) groups is 2. The standard InChI is InChI=1S/C20H13N3O4/c24-19-16-6-1-2-7-17(16)20(25)22(19)21-18-8-4-3-5-15(18)13-9-11-14(12-10-13)23(26)27/h1-12,21H. The number of hydrazine groups is 1. The zero-order valence-corrected chi connectivity index (χ0v) is 14.0. The highest BCUT2D eigenvalue weighted by Gasteiger charge is 2.35. The van der Waals surface area contributed by atoms with Crippen LogP contribution in [0.5, 0.6) is 0 Å². The summed E-state index contributed by atoms with van der Waals surface area (Å²) >= 11 is 0. The van der Waals surface area contributed by atoms with Gasteiger partial charge in [-0.05, 0) is 35.9 Å². The number of nitro benzene ring substituents is 1. The number of hydrogen-bond donors (Lipinski definition) is 1. The maximum Gasteiger partial charge on any atom is 0.280 e. The maximum absolute atomic E-state index is 12.5. The third-order valence-corrected chi connectivity index (χ3v) is 4.34. The number of non-ortho nitro benzene ring substituents is 1. The van der Waals surface area contributed by atoms with Gasteiger partial charge in [-0.15, -0.1) is 0 Å². The topological polar surface area (TPSA) is 92.6 Å². The van der Waals surface area contributed by atoms with Gasteiger partial charge in [-0.25, -0.2) is 0 Å². The average molecular weight is 359 g/mol. The van der Waals surface area contributed by atoms with Crippen LogP contribution in [0, 0.1) is 10.1 Å². The summed E-state index contributed by atoms with van der Waals surface area (Å²) in [5.41, 5.74) is 5.56. The summed E-state index contributed by atoms with van der Waals surface area (Å²) in [6.07, 6.45) is 0. The van der Waals surface area contributed by atoms with Crippen molar-refractivity contribution in [2.45, 2.75) is 0 Å². The molecule has 27 heavy (non-hydrogen) atoms. The Hall–Kier alpha value is -4.00. The first-order valence-corrected chi connectivity index (χ1v) is 8.14. The molecule has 0 bridgehead atoms. The van der Waals surface area contributed by atoms with Gasteiger partial charge in [-0.2, -0.15) is 5.01 Å². The lowest BCUT2D eigenvalue weighted by Crippen LogP contribution is -2.35. The van der Waals surface area contributed by atoms with Crippen LogP contribution in [0.4, 0.5) is 11.4 Å². The minimum atomic E-state index is -0.466. The first-order valence-electron chi connectivity index (χ1n) is 8.14. The van der Waals surface area contributed by atoms with Crippen molar-refractivity contribution >= 4 is 23.2 Å². The summed E-state index contributed by atoms with van der Waals surface area (Å²) in [6.45, 7) is 0. The number of anilines is 1. The number of amides is 2. The first-order chi connectivity index (χ1) is 13.1. The maximum atomic E-state index is 12.5. The van der Waals surface area contributed by atoms with Gasteiger partial charge in [0.2, 0.25) is 0 Å². The zero-order valence-electron chi connectivity index (χ0n) is 14.0. The smallest absolute Gasteiger partial charge is 0.280 e. The molecule has 3 aromatic carbocycles. The lowest BCUT2D eigenvalue weighted by Gasteiger charge is -2.19. The number of carbonyl (C=O) groups excluding carboxylic acids is 2. The van der Waals surface area contributed by atoms with Crippen LogP contribution in [0.3, 0.4) is 0 Å². The molecule has 0 spiro atoms. The number of nitro groups is 1. The van der Waals surface area contributed by atoms with Gasteiger partial charge in [-0.1, -0.05) is 30.3 Å². The lowest BCUT2D eigenvalue weighted by atomic mass is 10.0. The highest BCUT2D eigenvalue weighted by Crippen LogP contribution is 2.31. The molecule has 1 heterocycles. The van der Waals surface area contributed by atoms with Crippen LogP contribution in [0.2, 0.25) is 0 Å². The molecule has 7 heteroatoms. The molecule has 0 aromatic heterocycles. The molecule has 132 valence electrons. The second-order valence-electron chi connectivity index (χ2n) is 5.95. The SMILES string of the molecule is O=C1c2ccccc2C(=O)N1Nc1ccccc1-c1ccc([N+](=O)[O-])cc1. The van der Waals surface area contributed by atoms with Crippen molar-refractivity contribution in [3.05, 3.63) is 94.0 Å². The van der Waals surface area contributed by atoms with E-state index < -0.39 is 16.7 Å². The van der Waals surface area contributed by atoms with Crippen molar-refractivity contribution in [2.24, 2.45) is 0 Å². The third-order valence-electron chi connectivity index (χ3n) is 4.34. The fourth-order valence-electron chi connectivity index (χ4n) is 3.01. The number of rotatable bonds is 4. The van der Waals surface area contributed by atoms with E-state index in [-0.39, 0.29) is 5.69 Å². The van der Waals surface area contributed by atoms with Gasteiger partial charge >= 0.3 is 0 Å². The van der Waals surface area contributed by atoms with Gasteiger partial charge in [0.1, 0.15) is 0 Å². The minimum absolute atomic E-state index is 0.00969. The van der Waals surface area contributed by atoms with Crippen molar-refractivity contribution in [3.8, 4) is 11.1 Å². The molecule has 0 saturated carbocycles. The van der Waals surface area contributed by atoms with E-state index in [0.29, 0.717) is 22.4 Å². The van der Waals surface area contributed by atoms with E-state index in [1.54, 1.807) is 48.5 Å². The van der Waals surface area contributed by atoms with Gasteiger partial charge in [0.25, 0.3) is 17.5 Å². The first kappa shape index (κ1) is 16.5. The van der Waals surface area contributed by atoms with Crippen molar-refractivity contribution in [1.29, 1.82) is 0 Å². The second kappa shape index (κ2) is 6.38. The van der Waals surface area contributed by atoms with Gasteiger partial charge in [0, 0.05) is 17.7 Å². The molecule has 4 rings (SSSR count). The van der Waals surface area contributed by atoms with Crippen LogP contribution in [-0.2, 0) is 0 Å². The molecule has 0 saturated heterocycles. The van der Waals surface area contributed by atoms with Crippen LogP contribution >= 0.6 is 0 Å². The predicted molar refractivity (Wildman–Crippen MR) is 99.1 cm³/mol. The van der Waals surface area contributed by atoms with Crippen LogP contribution in [0.15, 0.2) is 72.8 Å². The van der Waals surface area contributed by atoms with Gasteiger partial charge < -0.3 is 0 Å². The summed E-state index contributed by atoms with van der Waals surface area (Å²) in [7, 11) is 0. The summed E-state index contributed by atoms with van der Waals surface area (Å²) in [5, 5.41) is 11.8. The number of imide groups is 1. The molecule has 1 aliphatic rings. The van der Waals surface area contributed by atoms with E-state index in [9.17, 15) is 19.7 Å². The van der Waals surface area contributed by atoms with E-state index in [1.165, 1.54) is 12.1 Å². The lowest BCUT2D eigenvalue weighted by molar-refractivity contribution is -0.384. The molecule has 0 fully saturated rings. The molecule has 7 nitrogen and oxygen atoms in total. The summed E-state index contributed by atoms with van der Waals surface area (Å²) in [4.78, 5) is 35.5. The Kier molecular flexibility index (Phi) is 3.89. The van der Waals surface area contributed by atoms with E-state index in [2.05, 4.69) is 5.43 Å². The number of hydrogen-bond acceptors (Lipinski definition) is 5. The Bertz CT molecular complexity index is 1040. The summed E-state index contributed by atoms with van der Waals surface area (Å²) < 4.78 is 0. The van der Waals surface area contributed by atoms with Crippen molar-refractivity contribution < 1.29 is 14.5 Å². The average Bonchev–Trinajstić information content (AvgIpc) is 2.94. The number of nitrogens with one attached hydrogen (secondary N) is 1. The Labute approximate surface area is 154 Å². The van der Waals surface area contributed by atoms with Crippen molar-refractivity contribution in [1.82, 2.24) is 5.01 Å². The zero-order chi connectivity index (χ0) is 19.0. The van der Waals surface area contributed by atoms with Gasteiger partial charge in [0.15, 0.2) is 0 Å². The molecule has 0 unspecified atom stereocenters. The van der Waals surface area contributed by atoms with Crippen LogP contribution in [0.25, 0.3) is 11.1 Å². The number of fused-ring (bicyclic) bond motifs is 1. The number of benzene rings is 3. The number of para-hydroxylation sites is 1. The monoisotopic (exact) mass is 359 g/mol. The van der Waals surface area contributed by atoms with E-state index in [1.807, 2.05) is 12.1 Å². The normalized spacial score (nSPS) is 12.8. The Balaban J connectivity index is 1.68. The van der Waals surface area contributed by atoms with Crippen molar-refractivity contribution in [2.75, 3.05) is 5.43 Å². The van der Waals surface area contributed by atoms with E-state index >= 15 is 0 Å². The minimum Gasteiger partial charge on any atom is -0.288 e. The molecule has 0 radical (unpaired) electrons. The highest BCUT2D eigenvalue weighted by atomic mass is 16.6. The van der Waals surface area contributed by atoms with Gasteiger partial charge in [-0.3, -0.25) is 25.1 Å². The van der Waals surface area contributed by atoms with E-state index in [0.717, 1.165) is 10.6 Å². The van der Waals surface area contributed by atoms with E-state index in [4.69, 9.17) is 0 Å². The quantitative estimate of drug-likeness (QED) is 0.433.